The van der Waals surface area contributed by atoms with Crippen molar-refractivity contribution in [1.29, 1.82) is 0 Å². The standard InChI is InChI=1S/C24H19BrClNO3/c1-15(22(28)16-7-3-2-4-8-16)24(30)19-13-18(25)11-12-21(19)27(23(24)29)14-17-9-5-6-10-20(17)26/h2-13,15,30H,14H2,1H3/t15-,24-/m0/s1. The lowest BCUT2D eigenvalue weighted by Crippen LogP contribution is -2.47. The second kappa shape index (κ2) is 7.99. The van der Waals surface area contributed by atoms with Gasteiger partial charge in [-0.05, 0) is 29.8 Å². The summed E-state index contributed by atoms with van der Waals surface area (Å²) in [6, 6.07) is 21.2. The fourth-order valence-corrected chi connectivity index (χ4v) is 4.45. The molecule has 6 heteroatoms. The molecule has 0 fully saturated rings. The Balaban J connectivity index is 1.79. The summed E-state index contributed by atoms with van der Waals surface area (Å²) < 4.78 is 0.714. The number of anilines is 1. The number of amides is 1. The van der Waals surface area contributed by atoms with E-state index in [1.807, 2.05) is 24.3 Å². The SMILES string of the molecule is C[C@@H](C(=O)c1ccccc1)[C@@]1(O)C(=O)N(Cc2ccccc2Cl)c2ccc(Br)cc21. The molecular formula is C24H19BrClNO3. The van der Waals surface area contributed by atoms with Crippen LogP contribution in [0, 0.1) is 5.92 Å². The molecule has 0 radical (unpaired) electrons. The van der Waals surface area contributed by atoms with Crippen LogP contribution in [0.5, 0.6) is 0 Å². The Morgan fingerprint density at radius 2 is 1.77 bits per heavy atom. The van der Waals surface area contributed by atoms with Crippen LogP contribution in [0.1, 0.15) is 28.4 Å². The Hall–Kier alpha value is -2.47. The zero-order chi connectivity index (χ0) is 21.5. The number of hydrogen-bond acceptors (Lipinski definition) is 3. The molecular weight excluding hydrogens is 466 g/mol. The van der Waals surface area contributed by atoms with E-state index in [-0.39, 0.29) is 12.3 Å². The van der Waals surface area contributed by atoms with Gasteiger partial charge in [0, 0.05) is 20.6 Å². The van der Waals surface area contributed by atoms with Crippen molar-refractivity contribution in [2.24, 2.45) is 5.92 Å². The Morgan fingerprint density at radius 1 is 1.10 bits per heavy atom. The van der Waals surface area contributed by atoms with Crippen molar-refractivity contribution in [3.8, 4) is 0 Å². The van der Waals surface area contributed by atoms with E-state index in [2.05, 4.69) is 15.9 Å². The number of halogens is 2. The summed E-state index contributed by atoms with van der Waals surface area (Å²) in [5.74, 6) is -1.80. The Bertz CT molecular complexity index is 1130. The monoisotopic (exact) mass is 483 g/mol. The number of hydrogen-bond donors (Lipinski definition) is 1. The fourth-order valence-electron chi connectivity index (χ4n) is 3.89. The van der Waals surface area contributed by atoms with Crippen molar-refractivity contribution in [2.75, 3.05) is 4.90 Å². The maximum atomic E-state index is 13.6. The number of benzene rings is 3. The van der Waals surface area contributed by atoms with Crippen LogP contribution in [0.15, 0.2) is 77.3 Å². The zero-order valence-corrected chi connectivity index (χ0v) is 18.5. The van der Waals surface area contributed by atoms with E-state index in [9.17, 15) is 14.7 Å². The van der Waals surface area contributed by atoms with Gasteiger partial charge in [0.2, 0.25) is 0 Å². The molecule has 152 valence electrons. The molecule has 0 bridgehead atoms. The van der Waals surface area contributed by atoms with Gasteiger partial charge in [-0.25, -0.2) is 0 Å². The van der Waals surface area contributed by atoms with Gasteiger partial charge in [0.1, 0.15) is 0 Å². The number of carbonyl (C=O) groups is 2. The number of fused-ring (bicyclic) bond motifs is 1. The van der Waals surface area contributed by atoms with Crippen molar-refractivity contribution in [2.45, 2.75) is 19.1 Å². The number of ketones is 1. The number of aliphatic hydroxyl groups is 1. The fraction of sp³-hybridized carbons (Fsp3) is 0.167. The van der Waals surface area contributed by atoms with E-state index < -0.39 is 17.4 Å². The van der Waals surface area contributed by atoms with E-state index >= 15 is 0 Å². The summed E-state index contributed by atoms with van der Waals surface area (Å²) in [6.07, 6.45) is 0. The molecule has 0 unspecified atom stereocenters. The lowest BCUT2D eigenvalue weighted by molar-refractivity contribution is -0.139. The lowest BCUT2D eigenvalue weighted by atomic mass is 9.79. The van der Waals surface area contributed by atoms with Crippen molar-refractivity contribution in [3.63, 3.8) is 0 Å². The molecule has 1 aliphatic rings. The molecule has 3 aromatic carbocycles. The quantitative estimate of drug-likeness (QED) is 0.496. The van der Waals surface area contributed by atoms with Gasteiger partial charge in [0.25, 0.3) is 5.91 Å². The molecule has 1 heterocycles. The van der Waals surface area contributed by atoms with Gasteiger partial charge < -0.3 is 10.0 Å². The maximum absolute atomic E-state index is 13.6. The summed E-state index contributed by atoms with van der Waals surface area (Å²) >= 11 is 9.72. The molecule has 2 atom stereocenters. The van der Waals surface area contributed by atoms with Crippen molar-refractivity contribution in [3.05, 3.63) is 99.0 Å². The first kappa shape index (κ1) is 20.8. The predicted molar refractivity (Wildman–Crippen MR) is 121 cm³/mol. The van der Waals surface area contributed by atoms with E-state index in [0.29, 0.717) is 26.3 Å². The third-order valence-corrected chi connectivity index (χ3v) is 6.46. The number of nitrogens with zero attached hydrogens (tertiary/aromatic N) is 1. The zero-order valence-electron chi connectivity index (χ0n) is 16.2. The topological polar surface area (TPSA) is 57.6 Å². The van der Waals surface area contributed by atoms with Crippen molar-refractivity contribution >= 4 is 44.9 Å². The van der Waals surface area contributed by atoms with Crippen LogP contribution in [0.2, 0.25) is 5.02 Å². The van der Waals surface area contributed by atoms with E-state index in [1.165, 1.54) is 4.90 Å². The third-order valence-electron chi connectivity index (χ3n) is 5.60. The first-order valence-corrected chi connectivity index (χ1v) is 10.7. The van der Waals surface area contributed by atoms with Crippen molar-refractivity contribution < 1.29 is 14.7 Å². The van der Waals surface area contributed by atoms with Gasteiger partial charge in [-0.2, -0.15) is 0 Å². The van der Waals surface area contributed by atoms with Crippen LogP contribution in [-0.2, 0) is 16.9 Å². The van der Waals surface area contributed by atoms with Crippen LogP contribution in [-0.4, -0.2) is 16.8 Å². The predicted octanol–water partition coefficient (Wildman–Crippen LogP) is 5.36. The van der Waals surface area contributed by atoms with E-state index in [1.54, 1.807) is 55.5 Å². The molecule has 0 saturated carbocycles. The summed E-state index contributed by atoms with van der Waals surface area (Å²) in [5.41, 5.74) is 0.205. The highest BCUT2D eigenvalue weighted by molar-refractivity contribution is 9.10. The van der Waals surface area contributed by atoms with Crippen LogP contribution >= 0.6 is 27.5 Å². The number of rotatable bonds is 5. The second-order valence-electron chi connectivity index (χ2n) is 7.36. The minimum absolute atomic E-state index is 0.196. The third kappa shape index (κ3) is 3.37. The largest absolute Gasteiger partial charge is 0.375 e. The summed E-state index contributed by atoms with van der Waals surface area (Å²) in [7, 11) is 0. The molecule has 1 aliphatic heterocycles. The van der Waals surface area contributed by atoms with E-state index in [0.717, 1.165) is 5.56 Å². The molecule has 1 N–H and O–H groups in total. The molecule has 0 aromatic heterocycles. The highest BCUT2D eigenvalue weighted by atomic mass is 79.9. The minimum Gasteiger partial charge on any atom is -0.375 e. The molecule has 0 spiro atoms. The van der Waals surface area contributed by atoms with Crippen LogP contribution in [0.3, 0.4) is 0 Å². The highest BCUT2D eigenvalue weighted by Crippen LogP contribution is 2.47. The molecule has 1 amide bonds. The summed E-state index contributed by atoms with van der Waals surface area (Å²) in [5, 5.41) is 12.2. The van der Waals surface area contributed by atoms with Crippen LogP contribution < -0.4 is 4.90 Å². The number of carbonyl (C=O) groups excluding carboxylic acids is 2. The molecule has 30 heavy (non-hydrogen) atoms. The molecule has 0 aliphatic carbocycles. The summed E-state index contributed by atoms with van der Waals surface area (Å²) in [6.45, 7) is 1.79. The van der Waals surface area contributed by atoms with Gasteiger partial charge in [-0.1, -0.05) is 83.0 Å². The average Bonchev–Trinajstić information content (AvgIpc) is 2.97. The smallest absolute Gasteiger partial charge is 0.264 e. The number of Topliss-reactive ketones (excluding diaryl/α,β-unsaturated/α-hetero) is 1. The molecule has 4 rings (SSSR count). The normalized spacial score (nSPS) is 18.9. The summed E-state index contributed by atoms with van der Waals surface area (Å²) in [4.78, 5) is 28.2. The van der Waals surface area contributed by atoms with Crippen LogP contribution in [0.25, 0.3) is 0 Å². The van der Waals surface area contributed by atoms with Gasteiger partial charge in [0.15, 0.2) is 11.4 Å². The van der Waals surface area contributed by atoms with E-state index in [4.69, 9.17) is 11.6 Å². The molecule has 0 saturated heterocycles. The second-order valence-corrected chi connectivity index (χ2v) is 8.69. The van der Waals surface area contributed by atoms with Gasteiger partial charge in [0.05, 0.1) is 18.2 Å². The molecule has 4 nitrogen and oxygen atoms in total. The first-order chi connectivity index (χ1) is 14.3. The average molecular weight is 485 g/mol. The highest BCUT2D eigenvalue weighted by Gasteiger charge is 2.55. The first-order valence-electron chi connectivity index (χ1n) is 9.51. The van der Waals surface area contributed by atoms with Gasteiger partial charge >= 0.3 is 0 Å². The minimum atomic E-state index is -1.98. The van der Waals surface area contributed by atoms with Gasteiger partial charge in [-0.15, -0.1) is 0 Å². The maximum Gasteiger partial charge on any atom is 0.264 e. The molecule has 3 aromatic rings. The van der Waals surface area contributed by atoms with Crippen LogP contribution in [0.4, 0.5) is 5.69 Å². The lowest BCUT2D eigenvalue weighted by Gasteiger charge is -2.28. The van der Waals surface area contributed by atoms with Crippen molar-refractivity contribution in [1.82, 2.24) is 0 Å². The van der Waals surface area contributed by atoms with Gasteiger partial charge in [-0.3, -0.25) is 9.59 Å². The Morgan fingerprint density at radius 3 is 2.47 bits per heavy atom. The Labute approximate surface area is 188 Å². The Kier molecular flexibility index (Phi) is 5.53.